The lowest BCUT2D eigenvalue weighted by Gasteiger charge is -2.32. The third-order valence-electron chi connectivity index (χ3n) is 6.47. The van der Waals surface area contributed by atoms with Gasteiger partial charge < -0.3 is 10.2 Å². The van der Waals surface area contributed by atoms with E-state index in [4.69, 9.17) is 0 Å². The lowest BCUT2D eigenvalue weighted by atomic mass is 9.97. The van der Waals surface area contributed by atoms with Gasteiger partial charge >= 0.3 is 0 Å². The number of amides is 1. The van der Waals surface area contributed by atoms with E-state index in [-0.39, 0.29) is 11.8 Å². The molecule has 1 aliphatic heterocycles. The second-order valence-electron chi connectivity index (χ2n) is 8.92. The van der Waals surface area contributed by atoms with Crippen molar-refractivity contribution in [3.05, 3.63) is 78.6 Å². The largest absolute Gasteiger partial charge is 0.356 e. The molecule has 3 aromatic rings. The van der Waals surface area contributed by atoms with Gasteiger partial charge in [-0.1, -0.05) is 67.6 Å². The van der Waals surface area contributed by atoms with Crippen LogP contribution in [0.25, 0.3) is 11.1 Å². The third kappa shape index (κ3) is 6.64. The molecule has 1 atom stereocenters. The SMILES string of the molecule is CCN(CCCNC(=O)[C@H]1CCCN(c2ncc(-c3ccccc3)cn2)C1)Cc1ccccc1. The molecule has 1 fully saturated rings. The van der Waals surface area contributed by atoms with E-state index in [1.54, 1.807) is 0 Å². The van der Waals surface area contributed by atoms with Crippen LogP contribution in [0.5, 0.6) is 0 Å². The maximum atomic E-state index is 12.8. The van der Waals surface area contributed by atoms with Crippen molar-refractivity contribution in [3.63, 3.8) is 0 Å². The Bertz CT molecular complexity index is 1010. The average Bonchev–Trinajstić information content (AvgIpc) is 2.91. The fraction of sp³-hybridized carbons (Fsp3) is 0.393. The molecule has 0 saturated carbocycles. The fourth-order valence-corrected chi connectivity index (χ4v) is 4.49. The van der Waals surface area contributed by atoms with Crippen LogP contribution >= 0.6 is 0 Å². The molecule has 1 N–H and O–H groups in total. The van der Waals surface area contributed by atoms with E-state index in [0.29, 0.717) is 19.0 Å². The van der Waals surface area contributed by atoms with Crippen LogP contribution in [-0.2, 0) is 11.3 Å². The minimum atomic E-state index is -0.0160. The number of hydrogen-bond donors (Lipinski definition) is 1. The van der Waals surface area contributed by atoms with Crippen molar-refractivity contribution in [2.45, 2.75) is 32.7 Å². The Morgan fingerprint density at radius 1 is 1.03 bits per heavy atom. The van der Waals surface area contributed by atoms with E-state index in [9.17, 15) is 4.79 Å². The van der Waals surface area contributed by atoms with Crippen molar-refractivity contribution in [1.29, 1.82) is 0 Å². The number of hydrogen-bond acceptors (Lipinski definition) is 5. The highest BCUT2D eigenvalue weighted by atomic mass is 16.1. The van der Waals surface area contributed by atoms with Crippen molar-refractivity contribution in [3.8, 4) is 11.1 Å². The van der Waals surface area contributed by atoms with Crippen LogP contribution in [0.3, 0.4) is 0 Å². The number of aromatic nitrogens is 2. The molecular formula is C28H35N5O. The minimum Gasteiger partial charge on any atom is -0.356 e. The van der Waals surface area contributed by atoms with Crippen molar-refractivity contribution < 1.29 is 4.79 Å². The molecule has 1 aliphatic rings. The molecule has 178 valence electrons. The predicted molar refractivity (Wildman–Crippen MR) is 137 cm³/mol. The molecule has 1 aromatic heterocycles. The standard InChI is InChI=1S/C28H35N5O/c1-2-32(21-23-11-5-3-6-12-23)17-10-16-29-27(34)25-15-9-18-33(22-25)28-30-19-26(20-31-28)24-13-7-4-8-14-24/h3-8,11-14,19-20,25H,2,9-10,15-18,21-22H2,1H3,(H,29,34)/t25-/m0/s1. The maximum Gasteiger partial charge on any atom is 0.225 e. The number of nitrogens with one attached hydrogen (secondary N) is 1. The van der Waals surface area contributed by atoms with Crippen LogP contribution in [0.15, 0.2) is 73.1 Å². The van der Waals surface area contributed by atoms with Gasteiger partial charge in [0.2, 0.25) is 11.9 Å². The van der Waals surface area contributed by atoms with E-state index in [1.807, 2.05) is 36.7 Å². The van der Waals surface area contributed by atoms with Crippen LogP contribution in [0.2, 0.25) is 0 Å². The van der Waals surface area contributed by atoms with E-state index < -0.39 is 0 Å². The zero-order valence-corrected chi connectivity index (χ0v) is 20.1. The van der Waals surface area contributed by atoms with Crippen LogP contribution < -0.4 is 10.2 Å². The fourth-order valence-electron chi connectivity index (χ4n) is 4.49. The quantitative estimate of drug-likeness (QED) is 0.458. The van der Waals surface area contributed by atoms with Gasteiger partial charge in [0.1, 0.15) is 0 Å². The van der Waals surface area contributed by atoms with Crippen molar-refractivity contribution in [2.24, 2.45) is 5.92 Å². The van der Waals surface area contributed by atoms with Crippen molar-refractivity contribution >= 4 is 11.9 Å². The molecule has 6 nitrogen and oxygen atoms in total. The van der Waals surface area contributed by atoms with E-state index in [0.717, 1.165) is 56.6 Å². The second kappa shape index (κ2) is 12.3. The van der Waals surface area contributed by atoms with Gasteiger partial charge in [0, 0.05) is 50.7 Å². The number of carbonyl (C=O) groups is 1. The highest BCUT2D eigenvalue weighted by Crippen LogP contribution is 2.23. The summed E-state index contributed by atoms with van der Waals surface area (Å²) in [6, 6.07) is 20.7. The summed E-state index contributed by atoms with van der Waals surface area (Å²) in [5.74, 6) is 0.839. The number of carbonyl (C=O) groups excluding carboxylic acids is 1. The first-order chi connectivity index (χ1) is 16.7. The zero-order chi connectivity index (χ0) is 23.6. The Hall–Kier alpha value is -3.25. The van der Waals surface area contributed by atoms with Gasteiger partial charge in [-0.05, 0) is 36.9 Å². The predicted octanol–water partition coefficient (Wildman–Crippen LogP) is 4.39. The molecule has 0 unspecified atom stereocenters. The molecule has 0 bridgehead atoms. The molecule has 34 heavy (non-hydrogen) atoms. The Morgan fingerprint density at radius 3 is 2.44 bits per heavy atom. The second-order valence-corrected chi connectivity index (χ2v) is 8.92. The summed E-state index contributed by atoms with van der Waals surface area (Å²) in [5.41, 5.74) is 3.44. The topological polar surface area (TPSA) is 61.4 Å². The Balaban J connectivity index is 1.22. The van der Waals surface area contributed by atoms with Gasteiger partial charge in [-0.2, -0.15) is 0 Å². The Labute approximate surface area is 203 Å². The maximum absolute atomic E-state index is 12.8. The summed E-state index contributed by atoms with van der Waals surface area (Å²) in [5, 5.41) is 3.17. The summed E-state index contributed by atoms with van der Waals surface area (Å²) in [7, 11) is 0. The van der Waals surface area contributed by atoms with Gasteiger partial charge in [0.25, 0.3) is 0 Å². The molecular weight excluding hydrogens is 422 g/mol. The van der Waals surface area contributed by atoms with E-state index >= 15 is 0 Å². The molecule has 2 aromatic carbocycles. The van der Waals surface area contributed by atoms with Crippen LogP contribution in [0.1, 0.15) is 31.7 Å². The van der Waals surface area contributed by atoms with Crippen LogP contribution in [0, 0.1) is 5.92 Å². The van der Waals surface area contributed by atoms with Crippen LogP contribution in [0.4, 0.5) is 5.95 Å². The van der Waals surface area contributed by atoms with E-state index in [2.05, 4.69) is 68.4 Å². The molecule has 1 saturated heterocycles. The Kier molecular flexibility index (Phi) is 8.63. The summed E-state index contributed by atoms with van der Waals surface area (Å²) in [6.45, 7) is 7.39. The first-order valence-corrected chi connectivity index (χ1v) is 12.4. The number of piperidine rings is 1. The third-order valence-corrected chi connectivity index (χ3v) is 6.47. The van der Waals surface area contributed by atoms with Gasteiger partial charge in [0.15, 0.2) is 0 Å². The van der Waals surface area contributed by atoms with Crippen molar-refractivity contribution in [2.75, 3.05) is 37.6 Å². The molecule has 0 spiro atoms. The highest BCUT2D eigenvalue weighted by Gasteiger charge is 2.27. The molecule has 6 heteroatoms. The normalized spacial score (nSPS) is 15.9. The number of anilines is 1. The summed E-state index contributed by atoms with van der Waals surface area (Å²) >= 11 is 0. The first-order valence-electron chi connectivity index (χ1n) is 12.4. The highest BCUT2D eigenvalue weighted by molar-refractivity contribution is 5.79. The molecule has 0 radical (unpaired) electrons. The van der Waals surface area contributed by atoms with Gasteiger partial charge in [0.05, 0.1) is 5.92 Å². The first kappa shape index (κ1) is 23.9. The molecule has 0 aliphatic carbocycles. The summed E-state index contributed by atoms with van der Waals surface area (Å²) in [4.78, 5) is 26.6. The monoisotopic (exact) mass is 457 g/mol. The molecule has 4 rings (SSSR count). The van der Waals surface area contributed by atoms with Gasteiger partial charge in [-0.15, -0.1) is 0 Å². The number of nitrogens with zero attached hydrogens (tertiary/aromatic N) is 4. The number of benzene rings is 2. The summed E-state index contributed by atoms with van der Waals surface area (Å²) in [6.07, 6.45) is 6.58. The van der Waals surface area contributed by atoms with Crippen LogP contribution in [-0.4, -0.2) is 53.5 Å². The zero-order valence-electron chi connectivity index (χ0n) is 20.1. The van der Waals surface area contributed by atoms with Gasteiger partial charge in [-0.25, -0.2) is 9.97 Å². The minimum absolute atomic E-state index is 0.0160. The Morgan fingerprint density at radius 2 is 1.74 bits per heavy atom. The van der Waals surface area contributed by atoms with Crippen molar-refractivity contribution in [1.82, 2.24) is 20.2 Å². The lowest BCUT2D eigenvalue weighted by Crippen LogP contribution is -2.44. The number of rotatable bonds is 10. The molecule has 1 amide bonds. The average molecular weight is 458 g/mol. The van der Waals surface area contributed by atoms with Gasteiger partial charge in [-0.3, -0.25) is 9.69 Å². The molecule has 2 heterocycles. The lowest BCUT2D eigenvalue weighted by molar-refractivity contribution is -0.125. The smallest absolute Gasteiger partial charge is 0.225 e. The van der Waals surface area contributed by atoms with E-state index in [1.165, 1.54) is 5.56 Å². The summed E-state index contributed by atoms with van der Waals surface area (Å²) < 4.78 is 0.